The van der Waals surface area contributed by atoms with E-state index in [2.05, 4.69) is 25.7 Å². The van der Waals surface area contributed by atoms with Crippen LogP contribution in [0.15, 0.2) is 42.9 Å². The van der Waals surface area contributed by atoms with Crippen molar-refractivity contribution in [2.45, 2.75) is 32.9 Å². The monoisotopic (exact) mass is 409 g/mol. The molecule has 2 aromatic heterocycles. The zero-order valence-electron chi connectivity index (χ0n) is 16.2. The number of nitriles is 1. The van der Waals surface area contributed by atoms with Gasteiger partial charge in [0, 0.05) is 23.4 Å². The van der Waals surface area contributed by atoms with Crippen molar-refractivity contribution in [3.05, 3.63) is 53.4 Å². The van der Waals surface area contributed by atoms with Gasteiger partial charge >= 0.3 is 0 Å². The zero-order valence-corrected chi connectivity index (χ0v) is 17.0. The lowest BCUT2D eigenvalue weighted by molar-refractivity contribution is 0.0948. The van der Waals surface area contributed by atoms with E-state index in [-0.39, 0.29) is 11.9 Å². The number of nitrogens with zero attached hydrogens (tertiary/aromatic N) is 5. The van der Waals surface area contributed by atoms with Crippen LogP contribution in [0.2, 0.25) is 5.02 Å². The Morgan fingerprint density at radius 3 is 2.76 bits per heavy atom. The van der Waals surface area contributed by atoms with E-state index >= 15 is 0 Å². The summed E-state index contributed by atoms with van der Waals surface area (Å²) in [5.74, 6) is 0.0196. The van der Waals surface area contributed by atoms with Crippen molar-refractivity contribution in [2.75, 3.05) is 5.32 Å². The first-order valence-corrected chi connectivity index (χ1v) is 9.40. The Labute approximate surface area is 173 Å². The van der Waals surface area contributed by atoms with E-state index in [1.54, 1.807) is 37.4 Å². The average molecular weight is 410 g/mol. The Morgan fingerprint density at radius 2 is 2.07 bits per heavy atom. The summed E-state index contributed by atoms with van der Waals surface area (Å²) in [7, 11) is 0. The van der Waals surface area contributed by atoms with Gasteiger partial charge in [0.15, 0.2) is 0 Å². The Hall–Kier alpha value is -3.44. The van der Waals surface area contributed by atoms with Crippen LogP contribution < -0.4 is 10.6 Å². The Morgan fingerprint density at radius 1 is 1.28 bits per heavy atom. The van der Waals surface area contributed by atoms with Crippen LogP contribution in [0.4, 0.5) is 11.6 Å². The molecule has 0 saturated heterocycles. The number of nitrogens with one attached hydrogen (secondary N) is 2. The fourth-order valence-electron chi connectivity index (χ4n) is 2.56. The lowest BCUT2D eigenvalue weighted by Crippen LogP contribution is -2.31. The molecule has 0 spiro atoms. The van der Waals surface area contributed by atoms with Crippen LogP contribution in [0, 0.1) is 11.3 Å². The molecule has 3 rings (SSSR count). The molecular weight excluding hydrogens is 390 g/mol. The third-order valence-electron chi connectivity index (χ3n) is 4.07. The van der Waals surface area contributed by atoms with E-state index in [1.165, 1.54) is 6.20 Å². The summed E-state index contributed by atoms with van der Waals surface area (Å²) < 4.78 is 1.82. The topological polar surface area (TPSA) is 109 Å². The third kappa shape index (κ3) is 4.89. The number of halogens is 1. The highest BCUT2D eigenvalue weighted by Crippen LogP contribution is 2.27. The number of aromatic nitrogens is 4. The van der Waals surface area contributed by atoms with Gasteiger partial charge in [0.2, 0.25) is 5.95 Å². The van der Waals surface area contributed by atoms with Gasteiger partial charge in [-0.05, 0) is 32.9 Å². The molecule has 2 N–H and O–H groups in total. The first kappa shape index (κ1) is 20.3. The SMILES string of the molecule is CC(C#N)NC(=O)c1cccc(-c2nc(Nc3cnn(C(C)C)c3)ncc2Cl)c1. The molecule has 8 nitrogen and oxygen atoms in total. The van der Waals surface area contributed by atoms with Crippen molar-refractivity contribution < 1.29 is 4.79 Å². The summed E-state index contributed by atoms with van der Waals surface area (Å²) in [5, 5.41) is 19.2. The number of benzene rings is 1. The summed E-state index contributed by atoms with van der Waals surface area (Å²) in [6, 6.07) is 8.50. The van der Waals surface area contributed by atoms with Gasteiger partial charge in [-0.15, -0.1) is 0 Å². The highest BCUT2D eigenvalue weighted by molar-refractivity contribution is 6.32. The molecule has 0 bridgehead atoms. The Bertz CT molecular complexity index is 1070. The van der Waals surface area contributed by atoms with Gasteiger partial charge < -0.3 is 10.6 Å². The maximum atomic E-state index is 12.3. The van der Waals surface area contributed by atoms with Gasteiger partial charge in [-0.2, -0.15) is 10.4 Å². The minimum atomic E-state index is -0.587. The first-order valence-electron chi connectivity index (χ1n) is 9.02. The van der Waals surface area contributed by atoms with Crippen molar-refractivity contribution in [3.63, 3.8) is 0 Å². The summed E-state index contributed by atoms with van der Waals surface area (Å²) in [6.07, 6.45) is 5.06. The predicted molar refractivity (Wildman–Crippen MR) is 111 cm³/mol. The zero-order chi connectivity index (χ0) is 21.0. The molecular formula is C20H20ClN7O. The van der Waals surface area contributed by atoms with Gasteiger partial charge in [-0.1, -0.05) is 23.7 Å². The molecule has 0 fully saturated rings. The first-order chi connectivity index (χ1) is 13.9. The van der Waals surface area contributed by atoms with Crippen LogP contribution in [-0.4, -0.2) is 31.7 Å². The smallest absolute Gasteiger partial charge is 0.252 e. The van der Waals surface area contributed by atoms with Gasteiger partial charge in [0.05, 0.1) is 34.9 Å². The molecule has 0 aliphatic rings. The Kier molecular flexibility index (Phi) is 6.10. The van der Waals surface area contributed by atoms with E-state index < -0.39 is 6.04 Å². The molecule has 148 valence electrons. The van der Waals surface area contributed by atoms with E-state index in [4.69, 9.17) is 16.9 Å². The minimum absolute atomic E-state index is 0.241. The van der Waals surface area contributed by atoms with Gasteiger partial charge in [-0.3, -0.25) is 9.48 Å². The third-order valence-corrected chi connectivity index (χ3v) is 4.35. The molecule has 0 saturated carbocycles. The van der Waals surface area contributed by atoms with Crippen molar-refractivity contribution >= 4 is 29.1 Å². The number of anilines is 2. The summed E-state index contributed by atoms with van der Waals surface area (Å²) in [5.41, 5.74) is 2.32. The largest absolute Gasteiger partial charge is 0.337 e. The summed E-state index contributed by atoms with van der Waals surface area (Å²) >= 11 is 6.31. The normalized spacial score (nSPS) is 11.7. The molecule has 2 heterocycles. The van der Waals surface area contributed by atoms with Gasteiger partial charge in [0.1, 0.15) is 6.04 Å². The second kappa shape index (κ2) is 8.71. The lowest BCUT2D eigenvalue weighted by atomic mass is 10.1. The molecule has 9 heteroatoms. The van der Waals surface area contributed by atoms with Crippen LogP contribution in [0.3, 0.4) is 0 Å². The van der Waals surface area contributed by atoms with Crippen LogP contribution >= 0.6 is 11.6 Å². The predicted octanol–water partition coefficient (Wildman–Crippen LogP) is 3.96. The molecule has 1 atom stereocenters. The lowest BCUT2D eigenvalue weighted by Gasteiger charge is -2.10. The van der Waals surface area contributed by atoms with Crippen LogP contribution in [-0.2, 0) is 0 Å². The molecule has 1 aromatic carbocycles. The van der Waals surface area contributed by atoms with Crippen molar-refractivity contribution in [3.8, 4) is 17.3 Å². The molecule has 3 aromatic rings. The van der Waals surface area contributed by atoms with Crippen LogP contribution in [0.25, 0.3) is 11.3 Å². The number of carbonyl (C=O) groups excluding carboxylic acids is 1. The Balaban J connectivity index is 1.87. The quantitative estimate of drug-likeness (QED) is 0.637. The minimum Gasteiger partial charge on any atom is -0.337 e. The van der Waals surface area contributed by atoms with Crippen LogP contribution in [0.5, 0.6) is 0 Å². The fourth-order valence-corrected chi connectivity index (χ4v) is 2.76. The van der Waals surface area contributed by atoms with E-state index in [1.807, 2.05) is 30.8 Å². The molecule has 1 unspecified atom stereocenters. The average Bonchev–Trinajstić information content (AvgIpc) is 3.18. The van der Waals surface area contributed by atoms with Crippen molar-refractivity contribution in [1.29, 1.82) is 5.26 Å². The van der Waals surface area contributed by atoms with Crippen LogP contribution in [0.1, 0.15) is 37.2 Å². The number of amides is 1. The maximum Gasteiger partial charge on any atom is 0.252 e. The van der Waals surface area contributed by atoms with Gasteiger partial charge in [0.25, 0.3) is 5.91 Å². The van der Waals surface area contributed by atoms with E-state index in [0.717, 1.165) is 5.69 Å². The van der Waals surface area contributed by atoms with E-state index in [9.17, 15) is 4.79 Å². The van der Waals surface area contributed by atoms with Crippen molar-refractivity contribution in [1.82, 2.24) is 25.1 Å². The number of rotatable bonds is 6. The maximum absolute atomic E-state index is 12.3. The molecule has 29 heavy (non-hydrogen) atoms. The highest BCUT2D eigenvalue weighted by Gasteiger charge is 2.13. The second-order valence-electron chi connectivity index (χ2n) is 6.72. The second-order valence-corrected chi connectivity index (χ2v) is 7.13. The summed E-state index contributed by atoms with van der Waals surface area (Å²) in [6.45, 7) is 5.69. The van der Waals surface area contributed by atoms with E-state index in [0.29, 0.717) is 27.8 Å². The van der Waals surface area contributed by atoms with Gasteiger partial charge in [-0.25, -0.2) is 9.97 Å². The molecule has 0 aliphatic carbocycles. The fraction of sp³-hybridized carbons (Fsp3) is 0.250. The van der Waals surface area contributed by atoms with Crippen molar-refractivity contribution in [2.24, 2.45) is 0 Å². The molecule has 0 radical (unpaired) electrons. The summed E-state index contributed by atoms with van der Waals surface area (Å²) in [4.78, 5) is 21.0. The highest BCUT2D eigenvalue weighted by atomic mass is 35.5. The number of hydrogen-bond donors (Lipinski definition) is 2. The molecule has 1 amide bonds. The number of hydrogen-bond acceptors (Lipinski definition) is 6. The number of carbonyl (C=O) groups is 1. The molecule has 0 aliphatic heterocycles. The standard InChI is InChI=1S/C20H20ClN7O/c1-12(2)28-11-16(9-24-28)26-20-23-10-17(21)18(27-20)14-5-4-6-15(7-14)19(29)25-13(3)8-22/h4-7,9-13H,1-3H3,(H,25,29)(H,23,26,27).